The Balaban J connectivity index is 1.43. The molecule has 0 bridgehead atoms. The minimum atomic E-state index is -0.0449. The molecule has 1 N–H and O–H groups in total. The maximum absolute atomic E-state index is 12.7. The van der Waals surface area contributed by atoms with E-state index in [0.29, 0.717) is 6.42 Å². The molecule has 2 aromatic carbocycles. The Bertz CT molecular complexity index is 1160. The van der Waals surface area contributed by atoms with E-state index in [1.54, 1.807) is 29.3 Å². The highest BCUT2D eigenvalue weighted by Crippen LogP contribution is 2.30. The minimum Gasteiger partial charge on any atom is -0.329 e. The number of imidazole rings is 1. The molecule has 0 saturated heterocycles. The van der Waals surface area contributed by atoms with Gasteiger partial charge in [-0.25, -0.2) is 9.97 Å². The smallest absolute Gasteiger partial charge is 0.229 e. The van der Waals surface area contributed by atoms with Crippen LogP contribution in [-0.4, -0.2) is 20.4 Å². The molecule has 0 aliphatic rings. The molecule has 0 saturated carbocycles. The Kier molecular flexibility index (Phi) is 6.01. The van der Waals surface area contributed by atoms with Gasteiger partial charge in [-0.15, -0.1) is 11.3 Å². The van der Waals surface area contributed by atoms with E-state index in [1.807, 2.05) is 49.0 Å². The first-order chi connectivity index (χ1) is 14.5. The molecule has 7 heteroatoms. The topological polar surface area (TPSA) is 59.8 Å². The van der Waals surface area contributed by atoms with Crippen LogP contribution < -0.4 is 5.32 Å². The Labute approximate surface area is 184 Å². The lowest BCUT2D eigenvalue weighted by Crippen LogP contribution is -2.14. The highest BCUT2D eigenvalue weighted by Gasteiger charge is 2.15. The van der Waals surface area contributed by atoms with Crippen LogP contribution in [0.15, 0.2) is 71.0 Å². The van der Waals surface area contributed by atoms with E-state index in [1.165, 1.54) is 5.56 Å². The van der Waals surface area contributed by atoms with Crippen molar-refractivity contribution in [1.29, 1.82) is 0 Å². The van der Waals surface area contributed by atoms with Gasteiger partial charge in [-0.3, -0.25) is 4.79 Å². The summed E-state index contributed by atoms with van der Waals surface area (Å²) >= 11 is 3.16. The van der Waals surface area contributed by atoms with E-state index < -0.39 is 0 Å². The van der Waals surface area contributed by atoms with Gasteiger partial charge in [0.25, 0.3) is 0 Å². The van der Waals surface area contributed by atoms with Crippen molar-refractivity contribution in [3.63, 3.8) is 0 Å². The first-order valence-electron chi connectivity index (χ1n) is 9.56. The summed E-state index contributed by atoms with van der Waals surface area (Å²) in [6.45, 7) is 4.03. The van der Waals surface area contributed by atoms with Crippen LogP contribution >= 0.6 is 23.1 Å². The monoisotopic (exact) mass is 434 g/mol. The molecule has 0 aliphatic carbocycles. The number of hydrogen-bond donors (Lipinski definition) is 1. The van der Waals surface area contributed by atoms with Crippen molar-refractivity contribution in [3.8, 4) is 11.3 Å². The minimum absolute atomic E-state index is 0.0449. The number of aryl methyl sites for hydroxylation is 3. The van der Waals surface area contributed by atoms with Gasteiger partial charge in [0.15, 0.2) is 5.16 Å². The van der Waals surface area contributed by atoms with Gasteiger partial charge in [-0.1, -0.05) is 41.6 Å². The average molecular weight is 435 g/mol. The maximum Gasteiger partial charge on any atom is 0.229 e. The van der Waals surface area contributed by atoms with Crippen molar-refractivity contribution in [1.82, 2.24) is 14.5 Å². The largest absolute Gasteiger partial charge is 0.329 e. The van der Waals surface area contributed by atoms with Gasteiger partial charge in [-0.2, -0.15) is 0 Å². The summed E-state index contributed by atoms with van der Waals surface area (Å²) in [6, 6.07) is 16.1. The summed E-state index contributed by atoms with van der Waals surface area (Å²) in [5.41, 5.74) is 3.93. The van der Waals surface area contributed by atoms with Gasteiger partial charge in [-0.05, 0) is 38.1 Å². The standard InChI is InChI=1S/C23H22N4OS2/c1-15-4-6-17(7-5-15)22-20(29-16(2)25-22)14-21(28)26-18-8-10-19(11-9-18)30-23-24-12-13-27(23)3/h4-13H,14H2,1-3H3,(H,26,28). The SMILES string of the molecule is Cc1ccc(-c2nc(C)sc2CC(=O)Nc2ccc(Sc3nccn3C)cc2)cc1. The zero-order valence-corrected chi connectivity index (χ0v) is 18.7. The first kappa shape index (κ1) is 20.4. The third-order valence-electron chi connectivity index (χ3n) is 4.57. The summed E-state index contributed by atoms with van der Waals surface area (Å²) < 4.78 is 1.98. The van der Waals surface area contributed by atoms with Crippen LogP contribution in [0.25, 0.3) is 11.3 Å². The number of aromatic nitrogens is 3. The van der Waals surface area contributed by atoms with Crippen molar-refractivity contribution in [2.45, 2.75) is 30.3 Å². The number of nitrogens with one attached hydrogen (secondary N) is 1. The molecule has 1 amide bonds. The molecule has 4 rings (SSSR count). The van der Waals surface area contributed by atoms with E-state index >= 15 is 0 Å². The molecular formula is C23H22N4OS2. The Hall–Kier alpha value is -2.90. The van der Waals surface area contributed by atoms with E-state index in [2.05, 4.69) is 46.5 Å². The number of carbonyl (C=O) groups is 1. The van der Waals surface area contributed by atoms with E-state index in [-0.39, 0.29) is 5.91 Å². The summed E-state index contributed by atoms with van der Waals surface area (Å²) in [7, 11) is 1.97. The fraction of sp³-hybridized carbons (Fsp3) is 0.174. The third-order valence-corrected chi connectivity index (χ3v) is 6.63. The fourth-order valence-corrected chi connectivity index (χ4v) is 4.80. The van der Waals surface area contributed by atoms with Crippen molar-refractivity contribution in [2.24, 2.45) is 7.05 Å². The van der Waals surface area contributed by atoms with Gasteiger partial charge in [0.05, 0.1) is 17.1 Å². The average Bonchev–Trinajstić information content (AvgIpc) is 3.29. The molecule has 0 fully saturated rings. The molecule has 0 spiro atoms. The van der Waals surface area contributed by atoms with Gasteiger partial charge in [0.2, 0.25) is 5.91 Å². The molecule has 0 aliphatic heterocycles. The quantitative estimate of drug-likeness (QED) is 0.436. The molecule has 2 aromatic heterocycles. The zero-order chi connectivity index (χ0) is 21.1. The second kappa shape index (κ2) is 8.85. The molecule has 152 valence electrons. The highest BCUT2D eigenvalue weighted by molar-refractivity contribution is 7.99. The maximum atomic E-state index is 12.7. The molecule has 0 unspecified atom stereocenters. The van der Waals surface area contributed by atoms with Crippen LogP contribution in [-0.2, 0) is 18.3 Å². The fourth-order valence-electron chi connectivity index (χ4n) is 3.04. The van der Waals surface area contributed by atoms with E-state index in [4.69, 9.17) is 0 Å². The van der Waals surface area contributed by atoms with Crippen LogP contribution in [0.4, 0.5) is 5.69 Å². The van der Waals surface area contributed by atoms with Gasteiger partial charge in [0.1, 0.15) is 0 Å². The molecule has 0 radical (unpaired) electrons. The molecule has 4 aromatic rings. The van der Waals surface area contributed by atoms with Crippen molar-refractivity contribution in [2.75, 3.05) is 5.32 Å². The van der Waals surface area contributed by atoms with Crippen LogP contribution in [0.5, 0.6) is 0 Å². The normalized spacial score (nSPS) is 10.9. The van der Waals surface area contributed by atoms with Crippen molar-refractivity contribution in [3.05, 3.63) is 76.4 Å². The lowest BCUT2D eigenvalue weighted by atomic mass is 10.1. The summed E-state index contributed by atoms with van der Waals surface area (Å²) in [5.74, 6) is -0.0449. The molecule has 5 nitrogen and oxygen atoms in total. The predicted molar refractivity (Wildman–Crippen MR) is 123 cm³/mol. The summed E-state index contributed by atoms with van der Waals surface area (Å²) in [4.78, 5) is 23.7. The van der Waals surface area contributed by atoms with E-state index in [9.17, 15) is 4.79 Å². The number of nitrogens with zero attached hydrogens (tertiary/aromatic N) is 3. The zero-order valence-electron chi connectivity index (χ0n) is 17.0. The lowest BCUT2D eigenvalue weighted by Gasteiger charge is -2.07. The van der Waals surface area contributed by atoms with Gasteiger partial charge in [0, 0.05) is 40.5 Å². The number of rotatable bonds is 6. The van der Waals surface area contributed by atoms with Crippen LogP contribution in [0.3, 0.4) is 0 Å². The highest BCUT2D eigenvalue weighted by atomic mass is 32.2. The molecule has 2 heterocycles. The molecular weight excluding hydrogens is 412 g/mol. The second-order valence-corrected chi connectivity index (χ2v) is 9.37. The summed E-state index contributed by atoms with van der Waals surface area (Å²) in [5, 5.41) is 4.88. The van der Waals surface area contributed by atoms with Gasteiger partial charge < -0.3 is 9.88 Å². The molecule has 30 heavy (non-hydrogen) atoms. The Morgan fingerprint density at radius 3 is 2.50 bits per heavy atom. The van der Waals surface area contributed by atoms with Gasteiger partial charge >= 0.3 is 0 Å². The van der Waals surface area contributed by atoms with Crippen molar-refractivity contribution < 1.29 is 4.79 Å². The summed E-state index contributed by atoms with van der Waals surface area (Å²) in [6.07, 6.45) is 4.00. The number of thiazole rings is 1. The number of hydrogen-bond acceptors (Lipinski definition) is 5. The number of amides is 1. The third kappa shape index (κ3) is 4.80. The Morgan fingerprint density at radius 1 is 1.10 bits per heavy atom. The number of anilines is 1. The molecule has 0 atom stereocenters. The van der Waals surface area contributed by atoms with Crippen LogP contribution in [0.1, 0.15) is 15.4 Å². The van der Waals surface area contributed by atoms with E-state index in [0.717, 1.165) is 36.9 Å². The predicted octanol–water partition coefficient (Wildman–Crippen LogP) is 5.49. The number of carbonyl (C=O) groups excluding carboxylic acids is 1. The lowest BCUT2D eigenvalue weighted by molar-refractivity contribution is -0.115. The van der Waals surface area contributed by atoms with Crippen LogP contribution in [0, 0.1) is 13.8 Å². The first-order valence-corrected chi connectivity index (χ1v) is 11.2. The number of benzene rings is 2. The van der Waals surface area contributed by atoms with Crippen molar-refractivity contribution >= 4 is 34.7 Å². The van der Waals surface area contributed by atoms with Crippen LogP contribution in [0.2, 0.25) is 0 Å². The Morgan fingerprint density at radius 2 is 1.83 bits per heavy atom. The second-order valence-electron chi connectivity index (χ2n) is 7.04.